The number of hydrogen-bond donors (Lipinski definition) is 4. The van der Waals surface area contributed by atoms with Crippen LogP contribution in [0.3, 0.4) is 0 Å². The Morgan fingerprint density at radius 2 is 1.02 bits per heavy atom. The molecule has 226 valence electrons. The SMILES string of the molecule is COC(=O)Nc1nc2ccc(C(=O)c3ccc(F)cc3)cc2[nH]1.COC(=O)Nc1nc2ccc(C(=O)c3ccccc3)cc2[nH]1. The van der Waals surface area contributed by atoms with Crippen molar-refractivity contribution in [3.63, 3.8) is 0 Å². The third-order valence-corrected chi connectivity index (χ3v) is 6.44. The van der Waals surface area contributed by atoms with E-state index in [1.807, 2.05) is 18.2 Å². The summed E-state index contributed by atoms with van der Waals surface area (Å²) in [6.07, 6.45) is -1.26. The van der Waals surface area contributed by atoms with Crippen LogP contribution in [0.25, 0.3) is 22.1 Å². The molecule has 0 atom stereocenters. The summed E-state index contributed by atoms with van der Waals surface area (Å²) in [5.41, 5.74) is 4.47. The van der Waals surface area contributed by atoms with Gasteiger partial charge in [-0.15, -0.1) is 0 Å². The Labute approximate surface area is 254 Å². The summed E-state index contributed by atoms with van der Waals surface area (Å²) in [7, 11) is 2.52. The van der Waals surface area contributed by atoms with Crippen molar-refractivity contribution in [3.05, 3.63) is 119 Å². The van der Waals surface area contributed by atoms with Crippen molar-refractivity contribution < 1.29 is 33.0 Å². The van der Waals surface area contributed by atoms with Crippen LogP contribution in [0.15, 0.2) is 91.0 Å². The molecular formula is C32H25FN6O6. The van der Waals surface area contributed by atoms with Gasteiger partial charge in [-0.25, -0.2) is 23.9 Å². The van der Waals surface area contributed by atoms with Crippen molar-refractivity contribution in [1.82, 2.24) is 19.9 Å². The molecule has 12 nitrogen and oxygen atoms in total. The summed E-state index contributed by atoms with van der Waals surface area (Å²) < 4.78 is 21.9. The lowest BCUT2D eigenvalue weighted by Gasteiger charge is -2.01. The van der Waals surface area contributed by atoms with Gasteiger partial charge in [0, 0.05) is 22.3 Å². The highest BCUT2D eigenvalue weighted by Gasteiger charge is 2.14. The Balaban J connectivity index is 0.000000178. The number of imidazole rings is 2. The number of rotatable bonds is 6. The number of fused-ring (bicyclic) bond motifs is 2. The maximum Gasteiger partial charge on any atom is 0.413 e. The number of amides is 2. The van der Waals surface area contributed by atoms with Crippen LogP contribution in [-0.4, -0.2) is 57.9 Å². The Morgan fingerprint density at radius 1 is 0.600 bits per heavy atom. The first-order valence-electron chi connectivity index (χ1n) is 13.3. The summed E-state index contributed by atoms with van der Waals surface area (Å²) in [4.78, 5) is 61.3. The fourth-order valence-electron chi connectivity index (χ4n) is 4.24. The second kappa shape index (κ2) is 13.3. The van der Waals surface area contributed by atoms with Gasteiger partial charge in [0.1, 0.15) is 5.82 Å². The average molecular weight is 609 g/mol. The number of benzene rings is 4. The Morgan fingerprint density at radius 3 is 1.47 bits per heavy atom. The molecule has 0 unspecified atom stereocenters. The number of aromatic nitrogens is 4. The van der Waals surface area contributed by atoms with Crippen LogP contribution >= 0.6 is 0 Å². The molecule has 0 aliphatic carbocycles. The molecule has 0 bridgehead atoms. The summed E-state index contributed by atoms with van der Waals surface area (Å²) in [6, 6.07) is 24.4. The highest BCUT2D eigenvalue weighted by atomic mass is 19.1. The summed E-state index contributed by atoms with van der Waals surface area (Å²) >= 11 is 0. The number of methoxy groups -OCH3 is 2. The van der Waals surface area contributed by atoms with Gasteiger partial charge < -0.3 is 19.4 Å². The molecule has 0 saturated heterocycles. The first-order chi connectivity index (χ1) is 21.7. The molecular weight excluding hydrogens is 583 g/mol. The zero-order valence-electron chi connectivity index (χ0n) is 23.9. The molecule has 4 aromatic carbocycles. The topological polar surface area (TPSA) is 168 Å². The van der Waals surface area contributed by atoms with E-state index in [4.69, 9.17) is 0 Å². The molecule has 0 aliphatic heterocycles. The van der Waals surface area contributed by atoms with E-state index in [9.17, 15) is 23.6 Å². The molecule has 13 heteroatoms. The standard InChI is InChI=1S/C16H12FN3O3.C16H13N3O3/c1-23-16(22)20-15-18-12-7-4-10(8-13(12)19-15)14(21)9-2-5-11(17)6-3-9;1-22-16(21)19-15-17-12-8-7-11(9-13(12)18-15)14(20)10-5-3-2-4-6-10/h2-8H,1H3,(H2,18,19,20,22);2-9H,1H3,(H2,17,18,19,21). The normalized spacial score (nSPS) is 10.5. The lowest BCUT2D eigenvalue weighted by molar-refractivity contribution is 0.103. The highest BCUT2D eigenvalue weighted by Crippen LogP contribution is 2.20. The van der Waals surface area contributed by atoms with Crippen LogP contribution in [0, 0.1) is 5.82 Å². The van der Waals surface area contributed by atoms with Gasteiger partial charge in [0.25, 0.3) is 0 Å². The fourth-order valence-corrected chi connectivity index (χ4v) is 4.24. The molecule has 2 heterocycles. The van der Waals surface area contributed by atoms with E-state index in [0.29, 0.717) is 44.3 Å². The van der Waals surface area contributed by atoms with E-state index < -0.39 is 18.0 Å². The molecule has 6 rings (SSSR count). The molecule has 45 heavy (non-hydrogen) atoms. The summed E-state index contributed by atoms with van der Waals surface area (Å²) in [6.45, 7) is 0. The maximum atomic E-state index is 12.9. The number of ether oxygens (including phenoxy) is 2. The van der Waals surface area contributed by atoms with Crippen LogP contribution in [0.5, 0.6) is 0 Å². The van der Waals surface area contributed by atoms with Crippen molar-refractivity contribution in [2.45, 2.75) is 0 Å². The Kier molecular flexibility index (Phi) is 8.89. The van der Waals surface area contributed by atoms with Crippen LogP contribution in [0.2, 0.25) is 0 Å². The van der Waals surface area contributed by atoms with E-state index in [2.05, 4.69) is 40.0 Å². The minimum atomic E-state index is -0.647. The maximum absolute atomic E-state index is 12.9. The van der Waals surface area contributed by atoms with Crippen molar-refractivity contribution in [2.24, 2.45) is 0 Å². The Bertz CT molecular complexity index is 2020. The molecule has 2 aromatic heterocycles. The number of halogens is 1. The van der Waals surface area contributed by atoms with Crippen LogP contribution < -0.4 is 10.6 Å². The zero-order chi connectivity index (χ0) is 31.9. The lowest BCUT2D eigenvalue weighted by Crippen LogP contribution is -2.11. The minimum absolute atomic E-state index is 0.0698. The number of ketones is 2. The van der Waals surface area contributed by atoms with E-state index in [-0.39, 0.29) is 23.5 Å². The Hall–Kier alpha value is -6.37. The number of carbonyl (C=O) groups excluding carboxylic acids is 4. The molecule has 0 radical (unpaired) electrons. The second-order valence-corrected chi connectivity index (χ2v) is 9.40. The number of nitrogens with zero attached hydrogens (tertiary/aromatic N) is 2. The first-order valence-corrected chi connectivity index (χ1v) is 13.3. The molecule has 6 aromatic rings. The molecule has 0 fully saturated rings. The van der Waals surface area contributed by atoms with Gasteiger partial charge in [-0.3, -0.25) is 20.2 Å². The quantitative estimate of drug-likeness (QED) is 0.165. The summed E-state index contributed by atoms with van der Waals surface area (Å²) in [5.74, 6) is -0.211. The second-order valence-electron chi connectivity index (χ2n) is 9.40. The molecule has 0 spiro atoms. The number of carbonyl (C=O) groups is 4. The fraction of sp³-hybridized carbons (Fsp3) is 0.0625. The van der Waals surface area contributed by atoms with Crippen molar-refractivity contribution in [1.29, 1.82) is 0 Å². The zero-order valence-corrected chi connectivity index (χ0v) is 23.9. The molecule has 0 saturated carbocycles. The lowest BCUT2D eigenvalue weighted by atomic mass is 10.0. The van der Waals surface area contributed by atoms with Crippen LogP contribution in [0.1, 0.15) is 31.8 Å². The first kappa shape index (κ1) is 30.1. The number of nitrogens with one attached hydrogen (secondary N) is 4. The van der Waals surface area contributed by atoms with Gasteiger partial charge in [0.05, 0.1) is 36.3 Å². The number of H-pyrrole nitrogens is 2. The van der Waals surface area contributed by atoms with E-state index in [0.717, 1.165) is 0 Å². The van der Waals surface area contributed by atoms with Gasteiger partial charge in [-0.05, 0) is 60.7 Å². The predicted molar refractivity (Wildman–Crippen MR) is 164 cm³/mol. The van der Waals surface area contributed by atoms with E-state index in [1.165, 1.54) is 38.5 Å². The largest absolute Gasteiger partial charge is 0.453 e. The third-order valence-electron chi connectivity index (χ3n) is 6.44. The van der Waals surface area contributed by atoms with Gasteiger partial charge in [0.15, 0.2) is 11.6 Å². The van der Waals surface area contributed by atoms with Gasteiger partial charge in [0.2, 0.25) is 11.9 Å². The third kappa shape index (κ3) is 7.17. The van der Waals surface area contributed by atoms with Gasteiger partial charge in [-0.2, -0.15) is 0 Å². The van der Waals surface area contributed by atoms with Crippen LogP contribution in [0.4, 0.5) is 25.9 Å². The van der Waals surface area contributed by atoms with E-state index in [1.54, 1.807) is 48.5 Å². The number of hydrogen-bond acceptors (Lipinski definition) is 8. The average Bonchev–Trinajstić information content (AvgIpc) is 3.66. The van der Waals surface area contributed by atoms with Crippen molar-refractivity contribution >= 4 is 57.7 Å². The van der Waals surface area contributed by atoms with Gasteiger partial charge in [-0.1, -0.05) is 30.3 Å². The molecule has 2 amide bonds. The van der Waals surface area contributed by atoms with Crippen molar-refractivity contribution in [2.75, 3.05) is 24.9 Å². The monoisotopic (exact) mass is 608 g/mol. The van der Waals surface area contributed by atoms with Crippen molar-refractivity contribution in [3.8, 4) is 0 Å². The summed E-state index contributed by atoms with van der Waals surface area (Å²) in [5, 5.41) is 4.86. The predicted octanol–water partition coefficient (Wildman–Crippen LogP) is 6.08. The minimum Gasteiger partial charge on any atom is -0.453 e. The van der Waals surface area contributed by atoms with Gasteiger partial charge >= 0.3 is 12.2 Å². The smallest absolute Gasteiger partial charge is 0.413 e. The molecule has 0 aliphatic rings. The number of anilines is 2. The van der Waals surface area contributed by atoms with Crippen LogP contribution in [-0.2, 0) is 9.47 Å². The van der Waals surface area contributed by atoms with E-state index >= 15 is 0 Å². The highest BCUT2D eigenvalue weighted by molar-refractivity contribution is 6.11. The molecule has 4 N–H and O–H groups in total. The number of aromatic amines is 2.